The standard InChI is InChI=1S/C28H19F8NO6S/c29-21-22(30)24(32)26(25(33)23(21)31)43-44(40,41)15-2-4-18-17(7-10-42-20(18)12-15)16-3-1-14(28(34,35)36)11-19(16)13-5-8-37(9-6-13)27(38)39/h1-5,11-12,17H,6-10H2,(H,38,39). The monoisotopic (exact) mass is 649 g/mol. The van der Waals surface area contributed by atoms with Crippen LogP contribution in [0, 0.1) is 29.1 Å². The van der Waals surface area contributed by atoms with E-state index >= 15 is 0 Å². The van der Waals surface area contributed by atoms with Crippen molar-refractivity contribution >= 4 is 21.8 Å². The Morgan fingerprint density at radius 3 is 2.16 bits per heavy atom. The summed E-state index contributed by atoms with van der Waals surface area (Å²) < 4.78 is 145. The molecule has 1 unspecified atom stereocenters. The predicted octanol–water partition coefficient (Wildman–Crippen LogP) is 6.85. The van der Waals surface area contributed by atoms with Crippen molar-refractivity contribution < 1.29 is 62.4 Å². The molecule has 0 spiro atoms. The second kappa shape index (κ2) is 11.3. The molecule has 234 valence electrons. The molecule has 1 amide bonds. The maximum atomic E-state index is 14.1. The minimum absolute atomic E-state index is 0.0357. The summed E-state index contributed by atoms with van der Waals surface area (Å²) in [5.41, 5.74) is 0.514. The van der Waals surface area contributed by atoms with Crippen LogP contribution in [0.25, 0.3) is 5.57 Å². The first-order valence-corrected chi connectivity index (χ1v) is 14.1. The third kappa shape index (κ3) is 5.65. The first-order valence-electron chi connectivity index (χ1n) is 12.7. The van der Waals surface area contributed by atoms with E-state index in [2.05, 4.69) is 4.18 Å². The second-order valence-corrected chi connectivity index (χ2v) is 11.4. The smallest absolute Gasteiger partial charge is 0.416 e. The lowest BCUT2D eigenvalue weighted by atomic mass is 9.81. The van der Waals surface area contributed by atoms with Gasteiger partial charge in [-0.2, -0.15) is 30.4 Å². The number of hydrogen-bond acceptors (Lipinski definition) is 5. The van der Waals surface area contributed by atoms with Gasteiger partial charge in [0.15, 0.2) is 0 Å². The van der Waals surface area contributed by atoms with E-state index in [0.717, 1.165) is 29.2 Å². The van der Waals surface area contributed by atoms with E-state index in [-0.39, 0.29) is 43.9 Å². The van der Waals surface area contributed by atoms with E-state index in [1.807, 2.05) is 0 Å². The van der Waals surface area contributed by atoms with Gasteiger partial charge in [0.25, 0.3) is 0 Å². The van der Waals surface area contributed by atoms with Crippen LogP contribution in [-0.4, -0.2) is 44.2 Å². The van der Waals surface area contributed by atoms with Crippen molar-refractivity contribution in [2.45, 2.75) is 29.8 Å². The molecule has 0 saturated carbocycles. The van der Waals surface area contributed by atoms with Crippen LogP contribution in [0.1, 0.15) is 41.0 Å². The molecule has 1 atom stereocenters. The summed E-state index contributed by atoms with van der Waals surface area (Å²) in [6.45, 7) is -0.0353. The molecule has 0 radical (unpaired) electrons. The van der Waals surface area contributed by atoms with E-state index < -0.39 is 73.6 Å². The van der Waals surface area contributed by atoms with Crippen LogP contribution in [0.5, 0.6) is 11.5 Å². The lowest BCUT2D eigenvalue weighted by Gasteiger charge is -2.30. The molecule has 16 heteroatoms. The van der Waals surface area contributed by atoms with Crippen molar-refractivity contribution in [2.24, 2.45) is 0 Å². The molecule has 0 bridgehead atoms. The SMILES string of the molecule is O=C(O)N1CC=C(c2cc(C(F)(F)F)ccc2C2CCOc3cc(S(=O)(=O)Oc4c(F)c(F)c(F)c(F)c4F)ccc32)CC1. The first-order chi connectivity index (χ1) is 20.6. The van der Waals surface area contributed by atoms with Crippen molar-refractivity contribution in [3.05, 3.63) is 93.8 Å². The Kier molecular flexibility index (Phi) is 7.99. The highest BCUT2D eigenvalue weighted by Gasteiger charge is 2.35. The zero-order valence-corrected chi connectivity index (χ0v) is 22.8. The maximum absolute atomic E-state index is 14.1. The zero-order chi connectivity index (χ0) is 32.1. The van der Waals surface area contributed by atoms with Gasteiger partial charge in [-0.25, -0.2) is 18.0 Å². The summed E-state index contributed by atoms with van der Waals surface area (Å²) in [6.07, 6.45) is -3.97. The molecule has 3 aromatic carbocycles. The van der Waals surface area contributed by atoms with E-state index in [4.69, 9.17) is 4.74 Å². The molecule has 0 saturated heterocycles. The molecule has 0 fully saturated rings. The largest absolute Gasteiger partial charge is 0.493 e. The summed E-state index contributed by atoms with van der Waals surface area (Å²) in [6, 6.07) is 6.19. The van der Waals surface area contributed by atoms with Gasteiger partial charge in [0.1, 0.15) is 10.6 Å². The number of carbonyl (C=O) groups is 1. The van der Waals surface area contributed by atoms with Gasteiger partial charge < -0.3 is 18.9 Å². The summed E-state index contributed by atoms with van der Waals surface area (Å²) in [7, 11) is -5.18. The van der Waals surface area contributed by atoms with Crippen molar-refractivity contribution in [1.29, 1.82) is 0 Å². The fraction of sp³-hybridized carbons (Fsp3) is 0.250. The average molecular weight is 650 g/mol. The van der Waals surface area contributed by atoms with Crippen LogP contribution in [0.3, 0.4) is 0 Å². The number of halogens is 8. The molecular weight excluding hydrogens is 630 g/mol. The average Bonchev–Trinajstić information content (AvgIpc) is 3.00. The number of ether oxygens (including phenoxy) is 1. The van der Waals surface area contributed by atoms with Gasteiger partial charge in [0, 0.05) is 30.6 Å². The molecule has 2 aliphatic heterocycles. The van der Waals surface area contributed by atoms with Gasteiger partial charge in [0.05, 0.1) is 12.2 Å². The highest BCUT2D eigenvalue weighted by atomic mass is 32.2. The summed E-state index contributed by atoms with van der Waals surface area (Å²) >= 11 is 0. The first kappa shape index (κ1) is 31.1. The molecule has 44 heavy (non-hydrogen) atoms. The highest BCUT2D eigenvalue weighted by Crippen LogP contribution is 2.44. The van der Waals surface area contributed by atoms with Crippen LogP contribution >= 0.6 is 0 Å². The van der Waals surface area contributed by atoms with Crippen LogP contribution in [0.4, 0.5) is 39.9 Å². The minimum Gasteiger partial charge on any atom is -0.493 e. The Bertz CT molecular complexity index is 1780. The summed E-state index contributed by atoms with van der Waals surface area (Å²) in [4.78, 5) is 11.6. The Morgan fingerprint density at radius 1 is 0.932 bits per heavy atom. The highest BCUT2D eigenvalue weighted by molar-refractivity contribution is 7.87. The van der Waals surface area contributed by atoms with Gasteiger partial charge >= 0.3 is 22.4 Å². The lowest BCUT2D eigenvalue weighted by Crippen LogP contribution is -2.33. The van der Waals surface area contributed by atoms with Crippen molar-refractivity contribution in [2.75, 3.05) is 19.7 Å². The van der Waals surface area contributed by atoms with Gasteiger partial charge in [-0.1, -0.05) is 18.2 Å². The molecular formula is C28H19F8NO6S. The fourth-order valence-electron chi connectivity index (χ4n) is 5.07. The number of amides is 1. The zero-order valence-electron chi connectivity index (χ0n) is 22.0. The number of benzene rings is 3. The van der Waals surface area contributed by atoms with Gasteiger partial charge in [-0.15, -0.1) is 0 Å². The van der Waals surface area contributed by atoms with Crippen molar-refractivity contribution in [3.63, 3.8) is 0 Å². The number of alkyl halides is 3. The third-order valence-corrected chi connectivity index (χ3v) is 8.47. The molecule has 2 heterocycles. The quantitative estimate of drug-likeness (QED) is 0.141. The molecule has 5 rings (SSSR count). The summed E-state index contributed by atoms with van der Waals surface area (Å²) in [5.74, 6) is -15.1. The van der Waals surface area contributed by atoms with Gasteiger partial charge in [-0.3, -0.25) is 0 Å². The van der Waals surface area contributed by atoms with Crippen molar-refractivity contribution in [3.8, 4) is 11.5 Å². The van der Waals surface area contributed by atoms with E-state index in [1.54, 1.807) is 0 Å². The van der Waals surface area contributed by atoms with Crippen LogP contribution in [0.15, 0.2) is 47.4 Å². The van der Waals surface area contributed by atoms with E-state index in [1.165, 1.54) is 18.2 Å². The predicted molar refractivity (Wildman–Crippen MR) is 136 cm³/mol. The molecule has 1 N–H and O–H groups in total. The Labute approximate surface area is 244 Å². The topological polar surface area (TPSA) is 93.1 Å². The Morgan fingerprint density at radius 2 is 1.57 bits per heavy atom. The van der Waals surface area contributed by atoms with E-state index in [0.29, 0.717) is 16.7 Å². The second-order valence-electron chi connectivity index (χ2n) is 9.83. The minimum atomic E-state index is -5.18. The molecule has 3 aromatic rings. The fourth-order valence-corrected chi connectivity index (χ4v) is 6.01. The number of carboxylic acid groups (broad SMARTS) is 1. The Balaban J connectivity index is 1.53. The van der Waals surface area contributed by atoms with Crippen molar-refractivity contribution in [1.82, 2.24) is 4.90 Å². The molecule has 7 nitrogen and oxygen atoms in total. The normalized spacial score (nSPS) is 17.0. The summed E-state index contributed by atoms with van der Waals surface area (Å²) in [5, 5.41) is 9.23. The van der Waals surface area contributed by atoms with Gasteiger partial charge in [-0.05, 0) is 47.7 Å². The van der Waals surface area contributed by atoms with Crippen LogP contribution in [0.2, 0.25) is 0 Å². The van der Waals surface area contributed by atoms with Gasteiger partial charge in [0.2, 0.25) is 34.8 Å². The Hall–Kier alpha value is -4.34. The molecule has 0 aromatic heterocycles. The maximum Gasteiger partial charge on any atom is 0.416 e. The number of rotatable bonds is 5. The molecule has 2 aliphatic rings. The van der Waals surface area contributed by atoms with Crippen LogP contribution < -0.4 is 8.92 Å². The molecule has 0 aliphatic carbocycles. The van der Waals surface area contributed by atoms with Crippen LogP contribution in [-0.2, 0) is 16.3 Å². The lowest BCUT2D eigenvalue weighted by molar-refractivity contribution is -0.137. The number of hydrogen-bond donors (Lipinski definition) is 1. The number of fused-ring (bicyclic) bond motifs is 1. The van der Waals surface area contributed by atoms with E-state index in [9.17, 15) is 53.4 Å². The third-order valence-electron chi connectivity index (χ3n) is 7.26. The number of nitrogens with zero attached hydrogens (tertiary/aromatic N) is 1.